The van der Waals surface area contributed by atoms with Crippen molar-refractivity contribution in [1.82, 2.24) is 0 Å². The molecule has 1 fully saturated rings. The maximum atomic E-state index is 11.2. The summed E-state index contributed by atoms with van der Waals surface area (Å²) in [6.07, 6.45) is 0. The van der Waals surface area contributed by atoms with Crippen LogP contribution in [0.4, 0.5) is 0 Å². The van der Waals surface area contributed by atoms with Gasteiger partial charge in [0.15, 0.2) is 0 Å². The van der Waals surface area contributed by atoms with Crippen LogP contribution in [-0.4, -0.2) is 24.1 Å². The summed E-state index contributed by atoms with van der Waals surface area (Å²) in [5.74, 6) is 1.14. The van der Waals surface area contributed by atoms with Crippen LogP contribution in [0.2, 0.25) is 0 Å². The molecule has 70 valence electrons. The molecule has 0 unspecified atom stereocenters. The first-order chi connectivity index (χ1) is 5.55. The number of methoxy groups -OCH3 is 1. The summed E-state index contributed by atoms with van der Waals surface area (Å²) in [5, 5.41) is 0.468. The molecule has 0 aliphatic heterocycles. The average Bonchev–Trinajstić information content (AvgIpc) is 2.53. The summed E-state index contributed by atoms with van der Waals surface area (Å²) in [4.78, 5) is 11.2. The first-order valence-corrected chi connectivity index (χ1v) is 5.30. The van der Waals surface area contributed by atoms with Crippen molar-refractivity contribution in [1.29, 1.82) is 0 Å². The molecule has 0 aromatic rings. The van der Waals surface area contributed by atoms with Crippen LogP contribution < -0.4 is 0 Å². The van der Waals surface area contributed by atoms with E-state index in [1.165, 1.54) is 7.11 Å². The Bertz CT molecular complexity index is 189. The highest BCUT2D eigenvalue weighted by molar-refractivity contribution is 8.00. The zero-order valence-corrected chi connectivity index (χ0v) is 8.90. The maximum absolute atomic E-state index is 11.2. The minimum atomic E-state index is -0.0500. The molecule has 0 spiro atoms. The fourth-order valence-electron chi connectivity index (χ4n) is 1.64. The number of hydrogen-bond donors (Lipinski definition) is 0. The SMILES string of the molecule is CCS[C@@H]1[C@H](C(=O)OC)C1(C)C. The highest BCUT2D eigenvalue weighted by Crippen LogP contribution is 2.59. The van der Waals surface area contributed by atoms with E-state index in [9.17, 15) is 4.79 Å². The van der Waals surface area contributed by atoms with Gasteiger partial charge in [-0.15, -0.1) is 0 Å². The largest absolute Gasteiger partial charge is 0.469 e. The summed E-state index contributed by atoms with van der Waals surface area (Å²) in [7, 11) is 1.46. The molecule has 1 aliphatic rings. The van der Waals surface area contributed by atoms with Crippen molar-refractivity contribution in [2.24, 2.45) is 11.3 Å². The highest BCUT2D eigenvalue weighted by atomic mass is 32.2. The number of esters is 1. The topological polar surface area (TPSA) is 26.3 Å². The standard InChI is InChI=1S/C9H16O2S/c1-5-12-7-6(8(10)11-4)9(7,2)3/h6-7H,5H2,1-4H3/t6-,7-/m1/s1. The number of ether oxygens (including phenoxy) is 1. The van der Waals surface area contributed by atoms with Crippen molar-refractivity contribution in [3.05, 3.63) is 0 Å². The minimum Gasteiger partial charge on any atom is -0.469 e. The molecule has 0 radical (unpaired) electrons. The van der Waals surface area contributed by atoms with E-state index in [1.807, 2.05) is 11.8 Å². The number of thioether (sulfide) groups is 1. The van der Waals surface area contributed by atoms with E-state index in [0.29, 0.717) is 5.25 Å². The van der Waals surface area contributed by atoms with E-state index < -0.39 is 0 Å². The van der Waals surface area contributed by atoms with Gasteiger partial charge in [0.1, 0.15) is 0 Å². The lowest BCUT2D eigenvalue weighted by atomic mass is 10.1. The Morgan fingerprint density at radius 3 is 2.58 bits per heavy atom. The van der Waals surface area contributed by atoms with Crippen molar-refractivity contribution < 1.29 is 9.53 Å². The van der Waals surface area contributed by atoms with Gasteiger partial charge in [-0.05, 0) is 11.2 Å². The number of hydrogen-bond acceptors (Lipinski definition) is 3. The van der Waals surface area contributed by atoms with E-state index >= 15 is 0 Å². The van der Waals surface area contributed by atoms with Crippen LogP contribution in [0.15, 0.2) is 0 Å². The Morgan fingerprint density at radius 1 is 1.58 bits per heavy atom. The molecule has 0 heterocycles. The second-order valence-corrected chi connectivity index (χ2v) is 5.12. The lowest BCUT2D eigenvalue weighted by Crippen LogP contribution is -2.07. The summed E-state index contributed by atoms with van der Waals surface area (Å²) < 4.78 is 4.73. The van der Waals surface area contributed by atoms with Crippen molar-refractivity contribution >= 4 is 17.7 Å². The summed E-state index contributed by atoms with van der Waals surface area (Å²) in [6, 6.07) is 0. The van der Waals surface area contributed by atoms with Crippen molar-refractivity contribution in [2.75, 3.05) is 12.9 Å². The van der Waals surface area contributed by atoms with E-state index in [2.05, 4.69) is 20.8 Å². The van der Waals surface area contributed by atoms with Crippen LogP contribution in [0.1, 0.15) is 20.8 Å². The van der Waals surface area contributed by atoms with Crippen LogP contribution >= 0.6 is 11.8 Å². The van der Waals surface area contributed by atoms with Gasteiger partial charge in [0.25, 0.3) is 0 Å². The van der Waals surface area contributed by atoms with Gasteiger partial charge in [-0.3, -0.25) is 4.79 Å². The van der Waals surface area contributed by atoms with Crippen molar-refractivity contribution in [3.8, 4) is 0 Å². The summed E-state index contributed by atoms with van der Waals surface area (Å²) in [5.41, 5.74) is 0.147. The average molecular weight is 188 g/mol. The second-order valence-electron chi connectivity index (χ2n) is 3.70. The molecule has 3 heteroatoms. The van der Waals surface area contributed by atoms with E-state index in [4.69, 9.17) is 4.74 Å². The van der Waals surface area contributed by atoms with Gasteiger partial charge in [-0.2, -0.15) is 11.8 Å². The quantitative estimate of drug-likeness (QED) is 0.633. The monoisotopic (exact) mass is 188 g/mol. The fraction of sp³-hybridized carbons (Fsp3) is 0.889. The van der Waals surface area contributed by atoms with Gasteiger partial charge in [-0.1, -0.05) is 20.8 Å². The Morgan fingerprint density at radius 2 is 2.17 bits per heavy atom. The van der Waals surface area contributed by atoms with E-state index in [0.717, 1.165) is 5.75 Å². The normalized spacial score (nSPS) is 31.3. The molecule has 1 saturated carbocycles. The number of carbonyl (C=O) groups is 1. The molecular formula is C9H16O2S. The third kappa shape index (κ3) is 1.47. The van der Waals surface area contributed by atoms with Crippen molar-refractivity contribution in [3.63, 3.8) is 0 Å². The van der Waals surface area contributed by atoms with Crippen LogP contribution in [-0.2, 0) is 9.53 Å². The first kappa shape index (κ1) is 9.90. The molecule has 0 saturated heterocycles. The zero-order chi connectivity index (χ0) is 9.35. The predicted molar refractivity (Wildman–Crippen MR) is 51.2 cm³/mol. The molecular weight excluding hydrogens is 172 g/mol. The van der Waals surface area contributed by atoms with E-state index in [1.54, 1.807) is 0 Å². The molecule has 0 aromatic heterocycles. The van der Waals surface area contributed by atoms with Gasteiger partial charge in [0.2, 0.25) is 0 Å². The van der Waals surface area contributed by atoms with Gasteiger partial charge in [-0.25, -0.2) is 0 Å². The fourth-order valence-corrected chi connectivity index (χ4v) is 3.15. The molecule has 0 amide bonds. The maximum Gasteiger partial charge on any atom is 0.310 e. The van der Waals surface area contributed by atoms with Crippen LogP contribution in [0.25, 0.3) is 0 Å². The van der Waals surface area contributed by atoms with Crippen LogP contribution in [0.5, 0.6) is 0 Å². The molecule has 2 nitrogen and oxygen atoms in total. The Balaban J connectivity index is 2.53. The first-order valence-electron chi connectivity index (χ1n) is 4.25. The highest BCUT2D eigenvalue weighted by Gasteiger charge is 2.62. The summed E-state index contributed by atoms with van der Waals surface area (Å²) in [6.45, 7) is 6.37. The second kappa shape index (κ2) is 3.29. The van der Waals surface area contributed by atoms with Gasteiger partial charge in [0, 0.05) is 5.25 Å². The van der Waals surface area contributed by atoms with Gasteiger partial charge >= 0.3 is 5.97 Å². The third-order valence-corrected chi connectivity index (χ3v) is 4.10. The van der Waals surface area contributed by atoms with Crippen LogP contribution in [0.3, 0.4) is 0 Å². The Kier molecular flexibility index (Phi) is 2.71. The number of rotatable bonds is 3. The van der Waals surface area contributed by atoms with Gasteiger partial charge in [0.05, 0.1) is 13.0 Å². The third-order valence-electron chi connectivity index (χ3n) is 2.53. The molecule has 1 aliphatic carbocycles. The predicted octanol–water partition coefficient (Wildman–Crippen LogP) is 1.94. The lowest BCUT2D eigenvalue weighted by Gasteiger charge is -1.99. The molecule has 2 atom stereocenters. The summed E-state index contributed by atoms with van der Waals surface area (Å²) >= 11 is 1.86. The van der Waals surface area contributed by atoms with E-state index in [-0.39, 0.29) is 17.3 Å². The van der Waals surface area contributed by atoms with Crippen molar-refractivity contribution in [2.45, 2.75) is 26.0 Å². The molecule has 0 aromatic carbocycles. The smallest absolute Gasteiger partial charge is 0.310 e. The number of carbonyl (C=O) groups excluding carboxylic acids is 1. The molecule has 1 rings (SSSR count). The Labute approximate surface area is 78.1 Å². The lowest BCUT2D eigenvalue weighted by molar-refractivity contribution is -0.142. The van der Waals surface area contributed by atoms with Crippen LogP contribution in [0, 0.1) is 11.3 Å². The molecule has 0 bridgehead atoms. The minimum absolute atomic E-state index is 0.0500. The zero-order valence-electron chi connectivity index (χ0n) is 8.09. The van der Waals surface area contributed by atoms with Gasteiger partial charge < -0.3 is 4.74 Å². The molecule has 12 heavy (non-hydrogen) atoms. The molecule has 0 N–H and O–H groups in total. The Hall–Kier alpha value is -0.180.